The molecule has 2 atom stereocenters. The first-order valence-corrected chi connectivity index (χ1v) is 10.7. The van der Waals surface area contributed by atoms with Gasteiger partial charge in [-0.05, 0) is 29.5 Å². The van der Waals surface area contributed by atoms with Crippen molar-refractivity contribution in [3.05, 3.63) is 71.3 Å². The fourth-order valence-corrected chi connectivity index (χ4v) is 3.30. The monoisotopic (exact) mass is 479 g/mol. The first kappa shape index (κ1) is 26.7. The maximum Gasteiger partial charge on any atom is 0.416 e. The molecule has 0 saturated carbocycles. The molecule has 0 unspecified atom stereocenters. The minimum Gasteiger partial charge on any atom is -0.445 e. The average molecular weight is 479 g/mol. The standard InChI is InChI=1S/C24H28F3N3O4/c1-15(2)12-20(30-23(33)34-14-16-8-4-3-5-9-16)22(32)29-19(21(28)31)13-17-10-6-7-11-18(17)24(25,26)27/h3-11,15,19-20H,12-14H2,1-2H3,(H2,28,31)(H,29,32)(H,30,33)/t19-,20-/m0/s1. The lowest BCUT2D eigenvalue weighted by molar-refractivity contribution is -0.138. The molecule has 0 radical (unpaired) electrons. The van der Waals surface area contributed by atoms with Crippen LogP contribution in [0.4, 0.5) is 18.0 Å². The highest BCUT2D eigenvalue weighted by atomic mass is 19.4. The van der Waals surface area contributed by atoms with Gasteiger partial charge in [0.2, 0.25) is 11.8 Å². The third kappa shape index (κ3) is 8.42. The average Bonchev–Trinajstić information content (AvgIpc) is 2.76. The van der Waals surface area contributed by atoms with Crippen molar-refractivity contribution in [2.45, 2.75) is 51.6 Å². The van der Waals surface area contributed by atoms with E-state index in [-0.39, 0.29) is 24.5 Å². The van der Waals surface area contributed by atoms with Crippen LogP contribution in [0.2, 0.25) is 0 Å². The Labute approximate surface area is 195 Å². The van der Waals surface area contributed by atoms with Crippen molar-refractivity contribution in [3.63, 3.8) is 0 Å². The topological polar surface area (TPSA) is 111 Å². The summed E-state index contributed by atoms with van der Waals surface area (Å²) in [6.45, 7) is 3.63. The van der Waals surface area contributed by atoms with E-state index in [0.29, 0.717) is 0 Å². The molecule has 0 aliphatic rings. The van der Waals surface area contributed by atoms with Gasteiger partial charge in [-0.1, -0.05) is 62.4 Å². The van der Waals surface area contributed by atoms with E-state index in [1.54, 1.807) is 24.3 Å². The highest BCUT2D eigenvalue weighted by molar-refractivity contribution is 5.90. The van der Waals surface area contributed by atoms with Gasteiger partial charge >= 0.3 is 12.3 Å². The number of amides is 3. The zero-order valence-corrected chi connectivity index (χ0v) is 18.9. The number of nitrogens with two attached hydrogens (primary N) is 1. The third-order valence-corrected chi connectivity index (χ3v) is 4.94. The van der Waals surface area contributed by atoms with Crippen molar-refractivity contribution in [2.24, 2.45) is 11.7 Å². The number of benzene rings is 2. The maximum atomic E-state index is 13.3. The fourth-order valence-electron chi connectivity index (χ4n) is 3.30. The molecular weight excluding hydrogens is 451 g/mol. The van der Waals surface area contributed by atoms with Crippen LogP contribution < -0.4 is 16.4 Å². The number of rotatable bonds is 10. The molecule has 0 bridgehead atoms. The molecule has 3 amide bonds. The summed E-state index contributed by atoms with van der Waals surface area (Å²) >= 11 is 0. The Balaban J connectivity index is 2.09. The zero-order valence-electron chi connectivity index (χ0n) is 18.9. The zero-order chi connectivity index (χ0) is 25.3. The Morgan fingerprint density at radius 2 is 1.56 bits per heavy atom. The van der Waals surface area contributed by atoms with E-state index < -0.39 is 48.2 Å². The van der Waals surface area contributed by atoms with Gasteiger partial charge in [0.15, 0.2) is 0 Å². The van der Waals surface area contributed by atoms with Crippen molar-refractivity contribution in [1.29, 1.82) is 0 Å². The second-order valence-corrected chi connectivity index (χ2v) is 8.21. The van der Waals surface area contributed by atoms with Gasteiger partial charge in [0.05, 0.1) is 5.56 Å². The van der Waals surface area contributed by atoms with Crippen LogP contribution in [0, 0.1) is 5.92 Å². The van der Waals surface area contributed by atoms with Crippen LogP contribution in [0.15, 0.2) is 54.6 Å². The van der Waals surface area contributed by atoms with Crippen molar-refractivity contribution in [1.82, 2.24) is 10.6 Å². The summed E-state index contributed by atoms with van der Waals surface area (Å²) in [5.41, 5.74) is 5.00. The highest BCUT2D eigenvalue weighted by Gasteiger charge is 2.34. The van der Waals surface area contributed by atoms with Crippen LogP contribution >= 0.6 is 0 Å². The SMILES string of the molecule is CC(C)C[C@H](NC(=O)OCc1ccccc1)C(=O)N[C@@H](Cc1ccccc1C(F)(F)F)C(N)=O. The van der Waals surface area contributed by atoms with Crippen LogP contribution in [0.3, 0.4) is 0 Å². The molecule has 34 heavy (non-hydrogen) atoms. The van der Waals surface area contributed by atoms with Crippen molar-refractivity contribution >= 4 is 17.9 Å². The predicted octanol–water partition coefficient (Wildman–Crippen LogP) is 3.56. The van der Waals surface area contributed by atoms with Crippen molar-refractivity contribution < 1.29 is 32.3 Å². The summed E-state index contributed by atoms with van der Waals surface area (Å²) in [6.07, 6.45) is -5.73. The van der Waals surface area contributed by atoms with Crippen LogP contribution in [0.25, 0.3) is 0 Å². The van der Waals surface area contributed by atoms with Crippen LogP contribution in [-0.4, -0.2) is 30.0 Å². The number of alkyl carbamates (subject to hydrolysis) is 1. The number of hydrogen-bond donors (Lipinski definition) is 3. The predicted molar refractivity (Wildman–Crippen MR) is 119 cm³/mol. The lowest BCUT2D eigenvalue weighted by atomic mass is 9.98. The molecule has 2 aromatic rings. The molecule has 0 fully saturated rings. The normalized spacial score (nSPS) is 13.1. The minimum absolute atomic E-state index is 0.0131. The number of nitrogens with one attached hydrogen (secondary N) is 2. The molecule has 0 heterocycles. The van der Waals surface area contributed by atoms with Crippen molar-refractivity contribution in [3.8, 4) is 0 Å². The molecule has 0 aliphatic carbocycles. The second kappa shape index (κ2) is 12.1. The van der Waals surface area contributed by atoms with E-state index in [0.717, 1.165) is 11.6 Å². The Morgan fingerprint density at radius 3 is 2.15 bits per heavy atom. The van der Waals surface area contributed by atoms with Gasteiger partial charge in [-0.3, -0.25) is 9.59 Å². The molecule has 10 heteroatoms. The molecule has 0 aliphatic heterocycles. The van der Waals surface area contributed by atoms with Crippen molar-refractivity contribution in [2.75, 3.05) is 0 Å². The molecular formula is C24H28F3N3O4. The van der Waals surface area contributed by atoms with Crippen LogP contribution in [0.1, 0.15) is 37.0 Å². The first-order valence-electron chi connectivity index (χ1n) is 10.7. The highest BCUT2D eigenvalue weighted by Crippen LogP contribution is 2.32. The summed E-state index contributed by atoms with van der Waals surface area (Å²) in [6, 6.07) is 11.2. The molecule has 7 nitrogen and oxygen atoms in total. The van der Waals surface area contributed by atoms with E-state index in [4.69, 9.17) is 10.5 Å². The number of halogens is 3. The summed E-state index contributed by atoms with van der Waals surface area (Å²) in [5, 5.41) is 4.83. The number of alkyl halides is 3. The fraction of sp³-hybridized carbons (Fsp3) is 0.375. The van der Waals surface area contributed by atoms with E-state index in [1.807, 2.05) is 19.9 Å². The van der Waals surface area contributed by atoms with Gasteiger partial charge in [0, 0.05) is 6.42 Å². The lowest BCUT2D eigenvalue weighted by Gasteiger charge is -2.23. The first-order chi connectivity index (χ1) is 16.0. The van der Waals surface area contributed by atoms with Crippen LogP contribution in [0.5, 0.6) is 0 Å². The minimum atomic E-state index is -4.63. The lowest BCUT2D eigenvalue weighted by Crippen LogP contribution is -2.54. The maximum absolute atomic E-state index is 13.3. The summed E-state index contributed by atoms with van der Waals surface area (Å²) in [7, 11) is 0. The Morgan fingerprint density at radius 1 is 0.941 bits per heavy atom. The number of ether oxygens (including phenoxy) is 1. The van der Waals surface area contributed by atoms with Gasteiger partial charge in [-0.2, -0.15) is 13.2 Å². The molecule has 184 valence electrons. The second-order valence-electron chi connectivity index (χ2n) is 8.21. The van der Waals surface area contributed by atoms with E-state index >= 15 is 0 Å². The molecule has 2 aromatic carbocycles. The molecule has 0 spiro atoms. The number of carbonyl (C=O) groups excluding carboxylic acids is 3. The van der Waals surface area contributed by atoms with Crippen LogP contribution in [-0.2, 0) is 33.5 Å². The Bertz CT molecular complexity index is 981. The van der Waals surface area contributed by atoms with E-state index in [2.05, 4.69) is 10.6 Å². The molecule has 2 rings (SSSR count). The van der Waals surface area contributed by atoms with Gasteiger partial charge in [0.25, 0.3) is 0 Å². The Hall–Kier alpha value is -3.56. The number of carbonyl (C=O) groups is 3. The number of hydrogen-bond acceptors (Lipinski definition) is 4. The number of primary amides is 1. The van der Waals surface area contributed by atoms with Gasteiger partial charge < -0.3 is 21.1 Å². The molecule has 0 saturated heterocycles. The third-order valence-electron chi connectivity index (χ3n) is 4.94. The van der Waals surface area contributed by atoms with Gasteiger partial charge in [0.1, 0.15) is 18.7 Å². The summed E-state index contributed by atoms with van der Waals surface area (Å²) in [4.78, 5) is 37.1. The quantitative estimate of drug-likeness (QED) is 0.484. The molecule has 4 N–H and O–H groups in total. The van der Waals surface area contributed by atoms with E-state index in [9.17, 15) is 27.6 Å². The largest absolute Gasteiger partial charge is 0.445 e. The van der Waals surface area contributed by atoms with Gasteiger partial charge in [-0.15, -0.1) is 0 Å². The smallest absolute Gasteiger partial charge is 0.416 e. The van der Waals surface area contributed by atoms with E-state index in [1.165, 1.54) is 18.2 Å². The molecule has 0 aromatic heterocycles. The van der Waals surface area contributed by atoms with Gasteiger partial charge in [-0.25, -0.2) is 4.79 Å². The summed E-state index contributed by atoms with van der Waals surface area (Å²) < 4.78 is 45.1. The Kier molecular flexibility index (Phi) is 9.47. The summed E-state index contributed by atoms with van der Waals surface area (Å²) in [5.74, 6) is -1.78.